The second-order valence-electron chi connectivity index (χ2n) is 8.96. The summed E-state index contributed by atoms with van der Waals surface area (Å²) in [4.78, 5) is 54.6. The number of Topliss-reactive ketones (excluding diaryl/α,β-unsaturated/α-hetero) is 1. The number of carbonyl (C=O) groups is 3. The molecule has 9 heteroatoms. The summed E-state index contributed by atoms with van der Waals surface area (Å²) in [5.74, 6) is -3.29. The van der Waals surface area contributed by atoms with Gasteiger partial charge in [0.25, 0.3) is 5.69 Å². The predicted molar refractivity (Wildman–Crippen MR) is 125 cm³/mol. The monoisotopic (exact) mass is 468 g/mol. The SMILES string of the molecule is Cc1ccc(N2C(=O)[C@@H]3[C@H](C2=O)[C@H](C(=O)c2cccc([N+](=O)[O-])c2)N2C=CC(C#N)=C[C@H]32)c(C)c1. The van der Waals surface area contributed by atoms with Crippen molar-refractivity contribution in [2.75, 3.05) is 4.90 Å². The lowest BCUT2D eigenvalue weighted by molar-refractivity contribution is -0.384. The minimum Gasteiger partial charge on any atom is -0.359 e. The Kier molecular flexibility index (Phi) is 5.09. The van der Waals surface area contributed by atoms with Gasteiger partial charge in [0, 0.05) is 23.9 Å². The normalized spacial score (nSPS) is 24.7. The molecule has 2 fully saturated rings. The lowest BCUT2D eigenvalue weighted by atomic mass is 9.86. The number of nitro benzene ring substituents is 1. The van der Waals surface area contributed by atoms with Crippen molar-refractivity contribution < 1.29 is 19.3 Å². The number of fused-ring (bicyclic) bond motifs is 3. The molecule has 174 valence electrons. The van der Waals surface area contributed by atoms with Gasteiger partial charge in [-0.3, -0.25) is 24.5 Å². The number of imide groups is 1. The predicted octanol–water partition coefficient (Wildman–Crippen LogP) is 3.23. The molecule has 0 N–H and O–H groups in total. The van der Waals surface area contributed by atoms with Gasteiger partial charge in [0.15, 0.2) is 5.78 Å². The number of hydrogen-bond donors (Lipinski definition) is 0. The maximum atomic E-state index is 13.8. The van der Waals surface area contributed by atoms with Gasteiger partial charge in [0.1, 0.15) is 6.04 Å². The van der Waals surface area contributed by atoms with Crippen LogP contribution in [0, 0.1) is 47.1 Å². The Morgan fingerprint density at radius 2 is 1.83 bits per heavy atom. The highest BCUT2D eigenvalue weighted by Gasteiger charge is 2.63. The molecule has 2 amide bonds. The highest BCUT2D eigenvalue weighted by Crippen LogP contribution is 2.47. The van der Waals surface area contributed by atoms with E-state index in [1.54, 1.807) is 23.2 Å². The second kappa shape index (κ2) is 8.02. The van der Waals surface area contributed by atoms with E-state index in [4.69, 9.17) is 0 Å². The Hall–Kier alpha value is -4.58. The maximum absolute atomic E-state index is 13.8. The highest BCUT2D eigenvalue weighted by molar-refractivity contribution is 6.25. The quantitative estimate of drug-likeness (QED) is 0.292. The number of nitriles is 1. The smallest absolute Gasteiger partial charge is 0.270 e. The Balaban J connectivity index is 1.62. The number of non-ortho nitro benzene ring substituents is 1. The summed E-state index contributed by atoms with van der Waals surface area (Å²) in [5, 5.41) is 20.7. The number of benzene rings is 2. The lowest BCUT2D eigenvalue weighted by Gasteiger charge is -2.32. The Bertz CT molecular complexity index is 1420. The van der Waals surface area contributed by atoms with E-state index in [2.05, 4.69) is 6.07 Å². The van der Waals surface area contributed by atoms with Crippen molar-refractivity contribution in [3.63, 3.8) is 0 Å². The van der Waals surface area contributed by atoms with Crippen LogP contribution in [0.1, 0.15) is 21.5 Å². The van der Waals surface area contributed by atoms with Gasteiger partial charge in [0.2, 0.25) is 11.8 Å². The first-order chi connectivity index (χ1) is 16.7. The van der Waals surface area contributed by atoms with Crippen molar-refractivity contribution >= 4 is 29.0 Å². The van der Waals surface area contributed by atoms with Crippen LogP contribution in [0.5, 0.6) is 0 Å². The molecule has 0 aromatic heterocycles. The van der Waals surface area contributed by atoms with Gasteiger partial charge in [-0.1, -0.05) is 29.8 Å². The number of nitro groups is 1. The zero-order valence-electron chi connectivity index (χ0n) is 18.9. The fourth-order valence-electron chi connectivity index (χ4n) is 5.36. The summed E-state index contributed by atoms with van der Waals surface area (Å²) in [6.07, 6.45) is 4.70. The number of aryl methyl sites for hydroxylation is 2. The maximum Gasteiger partial charge on any atom is 0.270 e. The van der Waals surface area contributed by atoms with Crippen molar-refractivity contribution in [1.82, 2.24) is 4.90 Å². The zero-order valence-corrected chi connectivity index (χ0v) is 18.9. The van der Waals surface area contributed by atoms with E-state index in [0.717, 1.165) is 16.0 Å². The van der Waals surface area contributed by atoms with E-state index in [-0.39, 0.29) is 11.3 Å². The lowest BCUT2D eigenvalue weighted by Crippen LogP contribution is -2.46. The number of ketones is 1. The average Bonchev–Trinajstić information content (AvgIpc) is 3.31. The van der Waals surface area contributed by atoms with Crippen LogP contribution in [-0.4, -0.2) is 39.5 Å². The average molecular weight is 468 g/mol. The van der Waals surface area contributed by atoms with Crippen LogP contribution in [0.4, 0.5) is 11.4 Å². The van der Waals surface area contributed by atoms with Crippen molar-refractivity contribution in [3.8, 4) is 6.07 Å². The number of rotatable bonds is 4. The minimum atomic E-state index is -1.05. The van der Waals surface area contributed by atoms with Crippen molar-refractivity contribution in [3.05, 3.63) is 93.2 Å². The van der Waals surface area contributed by atoms with Crippen molar-refractivity contribution in [2.24, 2.45) is 11.8 Å². The van der Waals surface area contributed by atoms with Crippen LogP contribution >= 0.6 is 0 Å². The molecule has 5 rings (SSSR count). The number of amides is 2. The molecule has 2 aromatic carbocycles. The minimum absolute atomic E-state index is 0.0808. The Labute approximate surface area is 200 Å². The molecule has 0 bridgehead atoms. The molecule has 0 saturated carbocycles. The van der Waals surface area contributed by atoms with Crippen molar-refractivity contribution in [1.29, 1.82) is 5.26 Å². The molecule has 0 unspecified atom stereocenters. The number of allylic oxidation sites excluding steroid dienone is 2. The van der Waals surface area contributed by atoms with E-state index in [0.29, 0.717) is 11.3 Å². The third-order valence-electron chi connectivity index (χ3n) is 6.88. The third kappa shape index (κ3) is 3.34. The van der Waals surface area contributed by atoms with Crippen LogP contribution in [0.2, 0.25) is 0 Å². The van der Waals surface area contributed by atoms with Crippen LogP contribution in [-0.2, 0) is 9.59 Å². The fraction of sp³-hybridized carbons (Fsp3) is 0.231. The second-order valence-corrected chi connectivity index (χ2v) is 8.96. The van der Waals surface area contributed by atoms with Gasteiger partial charge in [-0.15, -0.1) is 0 Å². The van der Waals surface area contributed by atoms with Gasteiger partial charge in [-0.05, 0) is 37.6 Å². The number of nitrogens with zero attached hydrogens (tertiary/aromatic N) is 4. The molecular formula is C26H20N4O5. The molecule has 35 heavy (non-hydrogen) atoms. The first-order valence-corrected chi connectivity index (χ1v) is 11.0. The van der Waals surface area contributed by atoms with Gasteiger partial charge in [-0.25, -0.2) is 4.90 Å². The van der Waals surface area contributed by atoms with E-state index < -0.39 is 46.4 Å². The molecule has 0 aliphatic carbocycles. The Morgan fingerprint density at radius 3 is 2.51 bits per heavy atom. The van der Waals surface area contributed by atoms with E-state index in [1.165, 1.54) is 30.3 Å². The topological polar surface area (TPSA) is 125 Å². The fourth-order valence-corrected chi connectivity index (χ4v) is 5.36. The first-order valence-electron chi connectivity index (χ1n) is 11.0. The highest BCUT2D eigenvalue weighted by atomic mass is 16.6. The molecule has 2 saturated heterocycles. The van der Waals surface area contributed by atoms with Gasteiger partial charge < -0.3 is 4.90 Å². The molecule has 4 atom stereocenters. The van der Waals surface area contributed by atoms with Gasteiger partial charge >= 0.3 is 0 Å². The van der Waals surface area contributed by atoms with Crippen molar-refractivity contribution in [2.45, 2.75) is 25.9 Å². The zero-order chi connectivity index (χ0) is 25.0. The molecular weight excluding hydrogens is 448 g/mol. The van der Waals surface area contributed by atoms with Crippen LogP contribution in [0.3, 0.4) is 0 Å². The molecule has 0 radical (unpaired) electrons. The van der Waals surface area contributed by atoms with Crippen LogP contribution < -0.4 is 4.90 Å². The number of hydrogen-bond acceptors (Lipinski definition) is 7. The summed E-state index contributed by atoms with van der Waals surface area (Å²) >= 11 is 0. The molecule has 3 aliphatic rings. The van der Waals surface area contributed by atoms with Gasteiger partial charge in [0.05, 0.1) is 40.1 Å². The largest absolute Gasteiger partial charge is 0.359 e. The molecule has 0 spiro atoms. The molecule has 9 nitrogen and oxygen atoms in total. The van der Waals surface area contributed by atoms with Crippen LogP contribution in [0.15, 0.2) is 66.4 Å². The number of anilines is 1. The molecule has 2 aromatic rings. The summed E-state index contributed by atoms with van der Waals surface area (Å²) in [6.45, 7) is 3.72. The van der Waals surface area contributed by atoms with Gasteiger partial charge in [-0.2, -0.15) is 5.26 Å². The standard InChI is InChI=1S/C26H20N4O5/c1-14-6-7-19(15(2)10-14)29-25(32)21-20-11-16(13-27)8-9-28(20)23(22(21)26(29)33)24(31)17-4-3-5-18(12-17)30(34)35/h3-12,20-23H,1-2H3/t20-,21+,22+,23-/m1/s1. The number of carbonyl (C=O) groups excluding carboxylic acids is 3. The summed E-state index contributed by atoms with van der Waals surface area (Å²) < 4.78 is 0. The van der Waals surface area contributed by atoms with E-state index in [1.807, 2.05) is 26.0 Å². The molecule has 3 heterocycles. The summed E-state index contributed by atoms with van der Waals surface area (Å²) in [6, 6.07) is 11.1. The van der Waals surface area contributed by atoms with Crippen LogP contribution in [0.25, 0.3) is 0 Å². The summed E-state index contributed by atoms with van der Waals surface area (Å²) in [7, 11) is 0. The van der Waals surface area contributed by atoms with E-state index >= 15 is 0 Å². The third-order valence-corrected chi connectivity index (χ3v) is 6.88. The first kappa shape index (κ1) is 22.2. The Morgan fingerprint density at radius 1 is 1.09 bits per heavy atom. The van der Waals surface area contributed by atoms with E-state index in [9.17, 15) is 29.8 Å². The molecule has 3 aliphatic heterocycles. The summed E-state index contributed by atoms with van der Waals surface area (Å²) in [5.41, 5.74) is 2.37.